The number of carbonyl (C=O) groups excluding carboxylic acids is 2. The molecule has 0 fully saturated rings. The van der Waals surface area contributed by atoms with Crippen LogP contribution in [-0.4, -0.2) is 70.4 Å². The normalized spacial score (nSPS) is 14.5. The lowest BCUT2D eigenvalue weighted by Crippen LogP contribution is -2.30. The predicted octanol–water partition coefficient (Wildman–Crippen LogP) is 10.1. The first-order valence-electron chi connectivity index (χ1n) is 20.7. The van der Waals surface area contributed by atoms with Crippen LogP contribution in [0, 0.1) is 0 Å². The Bertz CT molecular complexity index is 1120. The van der Waals surface area contributed by atoms with Gasteiger partial charge in [-0.3, -0.25) is 23.2 Å². The summed E-state index contributed by atoms with van der Waals surface area (Å²) in [6, 6.07) is 0. The number of allylic oxidation sites excluding steroid dienone is 6. The first kappa shape index (κ1) is 53.3. The summed E-state index contributed by atoms with van der Waals surface area (Å²) in [6.45, 7) is 1.63. The van der Waals surface area contributed by atoms with Crippen LogP contribution in [0.25, 0.3) is 0 Å². The van der Waals surface area contributed by atoms with Gasteiger partial charge in [0.05, 0.1) is 19.8 Å². The van der Waals surface area contributed by atoms with E-state index < -0.39 is 59.6 Å². The molecule has 0 aliphatic carbocycles. The summed E-state index contributed by atoms with van der Waals surface area (Å²) in [5, 5.41) is 9.73. The first-order chi connectivity index (χ1) is 26.4. The minimum Gasteiger partial charge on any atom is -0.462 e. The van der Waals surface area contributed by atoms with E-state index in [0.29, 0.717) is 12.8 Å². The molecular formula is C40H74O13P2. The van der Waals surface area contributed by atoms with Crippen molar-refractivity contribution in [3.8, 4) is 0 Å². The molecule has 322 valence electrons. The van der Waals surface area contributed by atoms with Crippen LogP contribution < -0.4 is 0 Å². The second-order valence-corrected chi connectivity index (χ2v) is 16.6. The molecule has 0 aliphatic rings. The highest BCUT2D eigenvalue weighted by molar-refractivity contribution is 7.47. The molecule has 0 amide bonds. The summed E-state index contributed by atoms with van der Waals surface area (Å²) in [5.41, 5.74) is 0. The second-order valence-electron chi connectivity index (χ2n) is 13.9. The van der Waals surface area contributed by atoms with Crippen molar-refractivity contribution >= 4 is 27.6 Å². The third kappa shape index (κ3) is 40.3. The standard InChI is InChI=1S/C40H74O13P2/c1-3-5-7-9-11-13-15-17-18-20-21-23-25-27-29-31-39(42)49-35-38(36-52-55(47,48)51-34-37(41)33-50-54(44,45)46)53-40(43)32-30-28-26-24-22-19-16-14-12-10-8-6-4-2/h5,7,11,13,17-18,37-38,41H,3-4,6,8-10,12,14-16,19-36H2,1-2H3,(H,47,48)(H2,44,45,46). The fourth-order valence-corrected chi connectivity index (χ4v) is 6.58. The number of phosphoric ester groups is 2. The molecule has 0 aromatic carbocycles. The smallest absolute Gasteiger partial charge is 0.462 e. The molecule has 0 bridgehead atoms. The maximum atomic E-state index is 12.6. The van der Waals surface area contributed by atoms with Crippen molar-refractivity contribution in [2.24, 2.45) is 0 Å². The number of hydrogen-bond acceptors (Lipinski definition) is 10. The Labute approximate surface area is 331 Å². The number of carbonyl (C=O) groups is 2. The van der Waals surface area contributed by atoms with Crippen molar-refractivity contribution in [1.29, 1.82) is 0 Å². The topological polar surface area (TPSA) is 195 Å². The summed E-state index contributed by atoms with van der Waals surface area (Å²) >= 11 is 0. The Kier molecular flexibility index (Phi) is 35.6. The number of rotatable bonds is 39. The molecule has 13 nitrogen and oxygen atoms in total. The minimum absolute atomic E-state index is 0.130. The molecule has 0 spiro atoms. The van der Waals surface area contributed by atoms with Gasteiger partial charge in [-0.2, -0.15) is 0 Å². The average Bonchev–Trinajstić information content (AvgIpc) is 3.14. The molecule has 0 radical (unpaired) electrons. The summed E-state index contributed by atoms with van der Waals surface area (Å²) in [6.07, 6.45) is 34.2. The van der Waals surface area contributed by atoms with Crippen molar-refractivity contribution in [1.82, 2.24) is 0 Å². The van der Waals surface area contributed by atoms with Crippen LogP contribution in [0.2, 0.25) is 0 Å². The molecule has 0 aliphatic heterocycles. The van der Waals surface area contributed by atoms with Crippen LogP contribution >= 0.6 is 15.6 Å². The Balaban J connectivity index is 4.56. The molecule has 3 unspecified atom stereocenters. The monoisotopic (exact) mass is 824 g/mol. The Morgan fingerprint density at radius 3 is 1.55 bits per heavy atom. The van der Waals surface area contributed by atoms with Gasteiger partial charge in [0.25, 0.3) is 0 Å². The maximum Gasteiger partial charge on any atom is 0.472 e. The summed E-state index contributed by atoms with van der Waals surface area (Å²) in [7, 11) is -9.66. The van der Waals surface area contributed by atoms with Gasteiger partial charge in [-0.15, -0.1) is 0 Å². The van der Waals surface area contributed by atoms with Crippen LogP contribution in [-0.2, 0) is 41.8 Å². The second kappa shape index (κ2) is 36.7. The van der Waals surface area contributed by atoms with E-state index >= 15 is 0 Å². The van der Waals surface area contributed by atoms with Gasteiger partial charge in [-0.1, -0.05) is 147 Å². The minimum atomic E-state index is -4.86. The SMILES string of the molecule is CCC=CCC=CCC=CCCCCCCCC(=O)OCC(COP(=O)(O)OCC(O)COP(=O)(O)O)OC(=O)CCCCCCCCCCCCCCC. The molecule has 0 aromatic heterocycles. The third-order valence-corrected chi connectivity index (χ3v) is 9.97. The molecule has 3 atom stereocenters. The summed E-state index contributed by atoms with van der Waals surface area (Å²) < 4.78 is 47.7. The van der Waals surface area contributed by atoms with Gasteiger partial charge >= 0.3 is 27.6 Å². The molecule has 0 aromatic rings. The average molecular weight is 825 g/mol. The molecule has 0 saturated heterocycles. The van der Waals surface area contributed by atoms with E-state index in [-0.39, 0.29) is 19.4 Å². The van der Waals surface area contributed by atoms with Crippen molar-refractivity contribution in [2.45, 2.75) is 180 Å². The van der Waals surface area contributed by atoms with Gasteiger partial charge in [0.2, 0.25) is 0 Å². The van der Waals surface area contributed by atoms with Crippen LogP contribution in [0.4, 0.5) is 0 Å². The number of aliphatic hydroxyl groups is 1. The number of unbranched alkanes of at least 4 members (excludes halogenated alkanes) is 17. The quantitative estimate of drug-likeness (QED) is 0.0198. The molecule has 15 heteroatoms. The molecule has 0 heterocycles. The molecular weight excluding hydrogens is 750 g/mol. The van der Waals surface area contributed by atoms with Gasteiger partial charge in [0.1, 0.15) is 12.7 Å². The van der Waals surface area contributed by atoms with E-state index in [4.69, 9.17) is 23.8 Å². The zero-order valence-corrected chi connectivity index (χ0v) is 35.6. The Morgan fingerprint density at radius 1 is 0.545 bits per heavy atom. The lowest BCUT2D eigenvalue weighted by Gasteiger charge is -2.20. The Hall–Kier alpha value is -1.66. The lowest BCUT2D eigenvalue weighted by atomic mass is 10.0. The van der Waals surface area contributed by atoms with Gasteiger partial charge < -0.3 is 29.3 Å². The highest BCUT2D eigenvalue weighted by atomic mass is 31.2. The van der Waals surface area contributed by atoms with E-state index in [0.717, 1.165) is 70.6 Å². The van der Waals surface area contributed by atoms with Crippen molar-refractivity contribution in [2.75, 3.05) is 26.4 Å². The summed E-state index contributed by atoms with van der Waals surface area (Å²) in [5.74, 6) is -1.05. The number of hydrogen-bond donors (Lipinski definition) is 4. The molecule has 55 heavy (non-hydrogen) atoms. The molecule has 4 N–H and O–H groups in total. The van der Waals surface area contributed by atoms with E-state index in [1.165, 1.54) is 57.8 Å². The van der Waals surface area contributed by atoms with Crippen LogP contribution in [0.15, 0.2) is 36.5 Å². The summed E-state index contributed by atoms with van der Waals surface area (Å²) in [4.78, 5) is 52.6. The number of aliphatic hydroxyl groups excluding tert-OH is 1. The fraction of sp³-hybridized carbons (Fsp3) is 0.800. The van der Waals surface area contributed by atoms with Gasteiger partial charge in [0, 0.05) is 12.8 Å². The van der Waals surface area contributed by atoms with E-state index in [1.807, 2.05) is 0 Å². The third-order valence-electron chi connectivity index (χ3n) is 8.53. The number of esters is 2. The van der Waals surface area contributed by atoms with Gasteiger partial charge in [0.15, 0.2) is 6.10 Å². The maximum absolute atomic E-state index is 12.6. The highest BCUT2D eigenvalue weighted by Crippen LogP contribution is 2.43. The van der Waals surface area contributed by atoms with Gasteiger partial charge in [-0.05, 0) is 44.9 Å². The number of phosphoric acid groups is 2. The van der Waals surface area contributed by atoms with Crippen molar-refractivity contribution in [3.05, 3.63) is 36.5 Å². The Morgan fingerprint density at radius 2 is 1.00 bits per heavy atom. The highest BCUT2D eigenvalue weighted by Gasteiger charge is 2.28. The zero-order chi connectivity index (χ0) is 40.9. The van der Waals surface area contributed by atoms with Crippen molar-refractivity contribution < 1.29 is 61.6 Å². The zero-order valence-electron chi connectivity index (χ0n) is 33.8. The van der Waals surface area contributed by atoms with E-state index in [9.17, 15) is 28.7 Å². The van der Waals surface area contributed by atoms with E-state index in [2.05, 4.69) is 59.4 Å². The van der Waals surface area contributed by atoms with Crippen molar-refractivity contribution in [3.63, 3.8) is 0 Å². The predicted molar refractivity (Wildman–Crippen MR) is 216 cm³/mol. The van der Waals surface area contributed by atoms with Gasteiger partial charge in [-0.25, -0.2) is 9.13 Å². The van der Waals surface area contributed by atoms with Crippen LogP contribution in [0.1, 0.15) is 168 Å². The molecule has 0 saturated carbocycles. The fourth-order valence-electron chi connectivity index (χ4n) is 5.42. The molecule has 0 rings (SSSR count). The van der Waals surface area contributed by atoms with E-state index in [1.54, 1.807) is 0 Å². The number of ether oxygens (including phenoxy) is 2. The van der Waals surface area contributed by atoms with Crippen LogP contribution in [0.5, 0.6) is 0 Å². The largest absolute Gasteiger partial charge is 0.472 e. The lowest BCUT2D eigenvalue weighted by molar-refractivity contribution is -0.161. The van der Waals surface area contributed by atoms with Crippen LogP contribution in [0.3, 0.4) is 0 Å². The first-order valence-corrected chi connectivity index (χ1v) is 23.7.